The summed E-state index contributed by atoms with van der Waals surface area (Å²) in [7, 11) is 0. The molecule has 0 saturated carbocycles. The van der Waals surface area contributed by atoms with E-state index < -0.39 is 20.8 Å². The molecule has 3 aromatic carbocycles. The van der Waals surface area contributed by atoms with E-state index in [4.69, 9.17) is 9.05 Å². The van der Waals surface area contributed by atoms with Crippen LogP contribution in [0, 0.1) is 0 Å². The first-order valence-corrected chi connectivity index (χ1v) is 12.6. The van der Waals surface area contributed by atoms with Crippen molar-refractivity contribution in [3.05, 3.63) is 102 Å². The average Bonchev–Trinajstić information content (AvgIpc) is 2.68. The van der Waals surface area contributed by atoms with Gasteiger partial charge >= 0.3 is 154 Å². The van der Waals surface area contributed by atoms with Crippen LogP contribution in [0.15, 0.2) is 91.0 Å². The monoisotopic (exact) mass is 418 g/mol. The summed E-state index contributed by atoms with van der Waals surface area (Å²) in [5.74, 6) is 0. The van der Waals surface area contributed by atoms with Crippen LogP contribution < -0.4 is 4.46 Å². The van der Waals surface area contributed by atoms with E-state index in [-0.39, 0.29) is 13.2 Å². The number of benzene rings is 3. The summed E-state index contributed by atoms with van der Waals surface area (Å²) in [5.41, 5.74) is 1.96. The van der Waals surface area contributed by atoms with Crippen molar-refractivity contribution in [2.75, 3.05) is 0 Å². The fraction of sp³-hybridized carbons (Fsp3) is 0.100. The predicted molar refractivity (Wildman–Crippen MR) is 102 cm³/mol. The summed E-state index contributed by atoms with van der Waals surface area (Å²) in [4.78, 5) is 0. The molecule has 5 heteroatoms. The van der Waals surface area contributed by atoms with E-state index in [2.05, 4.69) is 0 Å². The number of hydrogen-bond donors (Lipinski definition) is 0. The molecule has 0 fully saturated rings. The van der Waals surface area contributed by atoms with E-state index in [0.717, 1.165) is 15.6 Å². The second kappa shape index (κ2) is 9.14. The Morgan fingerprint density at radius 3 is 1.48 bits per heavy atom. The van der Waals surface area contributed by atoms with Crippen LogP contribution in [0.3, 0.4) is 0 Å². The van der Waals surface area contributed by atoms with Crippen molar-refractivity contribution in [3.63, 3.8) is 0 Å². The van der Waals surface area contributed by atoms with Gasteiger partial charge in [0.05, 0.1) is 0 Å². The van der Waals surface area contributed by atoms with Crippen LogP contribution >= 0.6 is 6.29 Å². The van der Waals surface area contributed by atoms with Gasteiger partial charge in [0.1, 0.15) is 0 Å². The van der Waals surface area contributed by atoms with E-state index in [1.54, 1.807) is 0 Å². The predicted octanol–water partition coefficient (Wildman–Crippen LogP) is 4.56. The SMILES string of the molecule is O=P(OCc1ccccc1)(OCc1ccccc1)[Se]c1ccccc1. The van der Waals surface area contributed by atoms with Crippen molar-refractivity contribution >= 4 is 25.3 Å². The van der Waals surface area contributed by atoms with E-state index >= 15 is 0 Å². The molecule has 0 aromatic heterocycles. The third-order valence-corrected chi connectivity index (χ3v) is 9.38. The molecular weight excluding hydrogens is 398 g/mol. The van der Waals surface area contributed by atoms with Crippen LogP contribution in [-0.2, 0) is 26.8 Å². The number of rotatable bonds is 8. The zero-order valence-electron chi connectivity index (χ0n) is 13.7. The summed E-state index contributed by atoms with van der Waals surface area (Å²) in [6.45, 7) is 0.559. The Kier molecular flexibility index (Phi) is 6.63. The number of hydrogen-bond acceptors (Lipinski definition) is 3. The van der Waals surface area contributed by atoms with Crippen LogP contribution in [0.2, 0.25) is 0 Å². The van der Waals surface area contributed by atoms with Gasteiger partial charge in [-0.1, -0.05) is 0 Å². The van der Waals surface area contributed by atoms with Gasteiger partial charge in [-0.25, -0.2) is 0 Å². The third-order valence-electron chi connectivity index (χ3n) is 3.42. The molecule has 0 atom stereocenters. The van der Waals surface area contributed by atoms with Crippen LogP contribution in [-0.4, -0.2) is 14.5 Å². The molecule has 0 N–H and O–H groups in total. The zero-order valence-corrected chi connectivity index (χ0v) is 16.3. The summed E-state index contributed by atoms with van der Waals surface area (Å²) >= 11 is -0.405. The molecule has 0 saturated heterocycles. The summed E-state index contributed by atoms with van der Waals surface area (Å²) in [6, 6.07) is 29.2. The van der Waals surface area contributed by atoms with Gasteiger partial charge in [-0.3, -0.25) is 0 Å². The molecule has 0 bridgehead atoms. The second-order valence-corrected chi connectivity index (χ2v) is 11.9. The van der Waals surface area contributed by atoms with Crippen LogP contribution in [0.25, 0.3) is 0 Å². The molecule has 0 aliphatic carbocycles. The Bertz CT molecular complexity index is 763. The van der Waals surface area contributed by atoms with Crippen molar-refractivity contribution < 1.29 is 13.6 Å². The van der Waals surface area contributed by atoms with Crippen molar-refractivity contribution in [3.8, 4) is 0 Å². The third kappa shape index (κ3) is 5.97. The van der Waals surface area contributed by atoms with Gasteiger partial charge in [0.25, 0.3) is 0 Å². The van der Waals surface area contributed by atoms with E-state index in [1.807, 2.05) is 91.0 Å². The van der Waals surface area contributed by atoms with Gasteiger partial charge in [0.15, 0.2) is 0 Å². The fourth-order valence-electron chi connectivity index (χ4n) is 2.16. The van der Waals surface area contributed by atoms with E-state index in [9.17, 15) is 4.57 Å². The Morgan fingerprint density at radius 2 is 1.04 bits per heavy atom. The normalized spacial score (nSPS) is 11.4. The minimum absolute atomic E-state index is 0.279. The molecule has 0 radical (unpaired) electrons. The first-order chi connectivity index (χ1) is 12.2. The van der Waals surface area contributed by atoms with Gasteiger partial charge in [0.2, 0.25) is 0 Å². The van der Waals surface area contributed by atoms with Gasteiger partial charge in [-0.05, 0) is 0 Å². The molecule has 0 aliphatic heterocycles. The quantitative estimate of drug-likeness (QED) is 0.398. The fourth-order valence-corrected chi connectivity index (χ4v) is 7.38. The van der Waals surface area contributed by atoms with Crippen LogP contribution in [0.1, 0.15) is 11.1 Å². The van der Waals surface area contributed by atoms with Gasteiger partial charge in [0, 0.05) is 0 Å². The summed E-state index contributed by atoms with van der Waals surface area (Å²) < 4.78 is 25.9. The van der Waals surface area contributed by atoms with Crippen molar-refractivity contribution in [2.24, 2.45) is 0 Å². The first kappa shape index (κ1) is 18.1. The zero-order chi connectivity index (χ0) is 17.4. The molecule has 128 valence electrons. The molecule has 25 heavy (non-hydrogen) atoms. The van der Waals surface area contributed by atoms with Crippen LogP contribution in [0.4, 0.5) is 0 Å². The first-order valence-electron chi connectivity index (χ1n) is 7.95. The molecule has 0 aliphatic rings. The average molecular weight is 417 g/mol. The molecular formula is C20H19O3PSe. The van der Waals surface area contributed by atoms with E-state index in [1.165, 1.54) is 0 Å². The molecule has 0 unspecified atom stereocenters. The standard InChI is InChI=1S/C20H19O3PSe/c21-24(25-20-14-8-3-9-15-20,22-16-18-10-4-1-5-11-18)23-17-19-12-6-2-7-13-19/h1-15H,16-17H2. The van der Waals surface area contributed by atoms with Crippen molar-refractivity contribution in [2.45, 2.75) is 13.2 Å². The minimum atomic E-state index is -3.21. The molecule has 0 spiro atoms. The topological polar surface area (TPSA) is 35.5 Å². The second-order valence-electron chi connectivity index (χ2n) is 5.37. The molecule has 3 nitrogen and oxygen atoms in total. The Morgan fingerprint density at radius 1 is 0.640 bits per heavy atom. The molecule has 3 aromatic rings. The van der Waals surface area contributed by atoms with Gasteiger partial charge in [-0.15, -0.1) is 0 Å². The molecule has 0 heterocycles. The summed E-state index contributed by atoms with van der Waals surface area (Å²) in [5, 5.41) is 0. The molecule has 3 rings (SSSR count). The van der Waals surface area contributed by atoms with Gasteiger partial charge in [-0.2, -0.15) is 0 Å². The Labute approximate surface area is 154 Å². The van der Waals surface area contributed by atoms with E-state index in [0.29, 0.717) is 0 Å². The maximum atomic E-state index is 13.3. The van der Waals surface area contributed by atoms with Crippen molar-refractivity contribution in [1.29, 1.82) is 0 Å². The molecule has 0 amide bonds. The van der Waals surface area contributed by atoms with Crippen molar-refractivity contribution in [1.82, 2.24) is 0 Å². The Balaban J connectivity index is 1.71. The van der Waals surface area contributed by atoms with Gasteiger partial charge < -0.3 is 0 Å². The van der Waals surface area contributed by atoms with Crippen LogP contribution in [0.5, 0.6) is 0 Å². The summed E-state index contributed by atoms with van der Waals surface area (Å²) in [6.07, 6.45) is -3.21. The Hall–Kier alpha value is -1.67. The maximum absolute atomic E-state index is 13.3.